The van der Waals surface area contributed by atoms with Gasteiger partial charge >= 0.3 is 5.97 Å². The first-order valence-electron chi connectivity index (χ1n) is 9.83. The Balaban J connectivity index is 1.74. The zero-order chi connectivity index (χ0) is 21.1. The maximum absolute atomic E-state index is 11.2. The Kier molecular flexibility index (Phi) is 9.65. The Bertz CT molecular complexity index is 797. The van der Waals surface area contributed by atoms with E-state index in [9.17, 15) is 4.79 Å². The van der Waals surface area contributed by atoms with Crippen molar-refractivity contribution in [3.05, 3.63) is 59.7 Å². The summed E-state index contributed by atoms with van der Waals surface area (Å²) in [6.07, 6.45) is 5.12. The lowest BCUT2D eigenvalue weighted by Crippen LogP contribution is -2.00. The number of hydrogen-bond donors (Lipinski definition) is 0. The number of carbonyl (C=O) groups is 1. The lowest BCUT2D eigenvalue weighted by atomic mass is 10.0. The van der Waals surface area contributed by atoms with Gasteiger partial charge in [0.1, 0.15) is 0 Å². The van der Waals surface area contributed by atoms with E-state index in [1.807, 2.05) is 30.0 Å². The maximum atomic E-state index is 11.2. The lowest BCUT2D eigenvalue weighted by Gasteiger charge is -2.11. The van der Waals surface area contributed by atoms with Crippen LogP contribution in [0.1, 0.15) is 43.7 Å². The monoisotopic (exact) mass is 414 g/mol. The van der Waals surface area contributed by atoms with Gasteiger partial charge in [0.2, 0.25) is 0 Å². The highest BCUT2D eigenvalue weighted by molar-refractivity contribution is 7.99. The minimum absolute atomic E-state index is 0.391. The Morgan fingerprint density at radius 3 is 2.45 bits per heavy atom. The molecule has 5 heteroatoms. The summed E-state index contributed by atoms with van der Waals surface area (Å²) in [5.74, 6) is 2.61. The number of hydrogen-bond acceptors (Lipinski definition) is 5. The largest absolute Gasteiger partial charge is 0.493 e. The molecule has 29 heavy (non-hydrogen) atoms. The summed E-state index contributed by atoms with van der Waals surface area (Å²) in [7, 11) is 2.96. The smallest absolute Gasteiger partial charge is 0.330 e. The van der Waals surface area contributed by atoms with Crippen LogP contribution in [0, 0.1) is 0 Å². The number of thioether (sulfide) groups is 1. The van der Waals surface area contributed by atoms with Gasteiger partial charge in [-0.15, -0.1) is 11.8 Å². The van der Waals surface area contributed by atoms with E-state index in [-0.39, 0.29) is 0 Å². The van der Waals surface area contributed by atoms with Gasteiger partial charge in [0.05, 0.1) is 20.8 Å². The van der Waals surface area contributed by atoms with E-state index in [2.05, 4.69) is 42.8 Å². The second kappa shape index (κ2) is 12.2. The van der Waals surface area contributed by atoms with Gasteiger partial charge in [-0.2, -0.15) is 0 Å². The Morgan fingerprint density at radius 1 is 1.03 bits per heavy atom. The molecule has 2 aromatic carbocycles. The minimum Gasteiger partial charge on any atom is -0.493 e. The fourth-order valence-corrected chi connectivity index (χ4v) is 3.58. The van der Waals surface area contributed by atoms with Gasteiger partial charge in [-0.1, -0.05) is 32.0 Å². The van der Waals surface area contributed by atoms with Crippen LogP contribution >= 0.6 is 11.8 Å². The number of unbranched alkanes of at least 4 members (excludes halogenated alkanes) is 1. The van der Waals surface area contributed by atoms with Crippen LogP contribution in [-0.4, -0.2) is 32.5 Å². The van der Waals surface area contributed by atoms with E-state index in [0.717, 1.165) is 24.2 Å². The molecule has 0 unspecified atom stereocenters. The fraction of sp³-hybridized carbons (Fsp3) is 0.375. The zero-order valence-corrected chi connectivity index (χ0v) is 18.5. The van der Waals surface area contributed by atoms with Crippen LogP contribution in [0.3, 0.4) is 0 Å². The molecule has 0 amide bonds. The van der Waals surface area contributed by atoms with E-state index < -0.39 is 5.97 Å². The zero-order valence-electron chi connectivity index (χ0n) is 17.6. The third-order valence-electron chi connectivity index (χ3n) is 4.41. The van der Waals surface area contributed by atoms with Gasteiger partial charge < -0.3 is 14.2 Å². The quantitative estimate of drug-likeness (QED) is 0.197. The topological polar surface area (TPSA) is 44.8 Å². The predicted molar refractivity (Wildman–Crippen MR) is 120 cm³/mol. The number of ether oxygens (including phenoxy) is 3. The number of benzene rings is 2. The molecule has 0 spiro atoms. The highest BCUT2D eigenvalue weighted by Crippen LogP contribution is 2.29. The Labute approximate surface area is 178 Å². The molecule has 2 aromatic rings. The molecule has 4 nitrogen and oxygen atoms in total. The summed E-state index contributed by atoms with van der Waals surface area (Å²) in [6.45, 7) is 5.06. The van der Waals surface area contributed by atoms with Gasteiger partial charge in [0.15, 0.2) is 11.5 Å². The molecule has 0 atom stereocenters. The molecule has 0 aliphatic carbocycles. The molecular weight excluding hydrogens is 384 g/mol. The van der Waals surface area contributed by atoms with E-state index in [1.54, 1.807) is 13.2 Å². The molecule has 0 aromatic heterocycles. The number of rotatable bonds is 11. The minimum atomic E-state index is -0.391. The van der Waals surface area contributed by atoms with Gasteiger partial charge in [-0.05, 0) is 66.0 Å². The Morgan fingerprint density at radius 2 is 1.79 bits per heavy atom. The molecule has 2 rings (SSSR count). The first kappa shape index (κ1) is 22.9. The van der Waals surface area contributed by atoms with Crippen molar-refractivity contribution in [2.75, 3.05) is 26.6 Å². The molecule has 0 radical (unpaired) electrons. The molecular formula is C24H30O4S. The van der Waals surface area contributed by atoms with Crippen molar-refractivity contribution >= 4 is 23.8 Å². The summed E-state index contributed by atoms with van der Waals surface area (Å²) in [5, 5.41) is 0. The first-order chi connectivity index (χ1) is 14.0. The average Bonchev–Trinajstić information content (AvgIpc) is 2.75. The molecule has 0 heterocycles. The van der Waals surface area contributed by atoms with Gasteiger partial charge in [-0.3, -0.25) is 0 Å². The third kappa shape index (κ3) is 7.86. The van der Waals surface area contributed by atoms with E-state index in [1.165, 1.54) is 23.6 Å². The molecule has 0 saturated heterocycles. The van der Waals surface area contributed by atoms with Crippen LogP contribution in [0.25, 0.3) is 6.08 Å². The van der Waals surface area contributed by atoms with Crippen LogP contribution in [0.2, 0.25) is 0 Å². The molecule has 0 saturated carbocycles. The number of carbonyl (C=O) groups excluding carboxylic acids is 1. The third-order valence-corrected chi connectivity index (χ3v) is 5.51. The molecule has 156 valence electrons. The molecule has 0 N–H and O–H groups in total. The van der Waals surface area contributed by atoms with Crippen molar-refractivity contribution < 1.29 is 19.0 Å². The maximum Gasteiger partial charge on any atom is 0.330 e. The predicted octanol–water partition coefficient (Wildman–Crippen LogP) is 5.96. The SMILES string of the molecule is COC(=O)/C=C/c1ccc(OCCCCSc2ccc(C(C)C)cc2)c(OC)c1. The summed E-state index contributed by atoms with van der Waals surface area (Å²) in [6, 6.07) is 14.4. The van der Waals surface area contributed by atoms with Gasteiger partial charge in [0.25, 0.3) is 0 Å². The van der Waals surface area contributed by atoms with Crippen molar-refractivity contribution in [1.82, 2.24) is 0 Å². The van der Waals surface area contributed by atoms with Crippen LogP contribution in [0.15, 0.2) is 53.4 Å². The van der Waals surface area contributed by atoms with Crippen molar-refractivity contribution in [3.8, 4) is 11.5 Å². The van der Waals surface area contributed by atoms with Crippen LogP contribution in [0.5, 0.6) is 11.5 Å². The fourth-order valence-electron chi connectivity index (χ4n) is 2.66. The number of methoxy groups -OCH3 is 2. The van der Waals surface area contributed by atoms with Crippen molar-refractivity contribution in [3.63, 3.8) is 0 Å². The normalized spacial score (nSPS) is 11.1. The molecule has 0 aliphatic heterocycles. The highest BCUT2D eigenvalue weighted by Gasteiger charge is 2.05. The highest BCUT2D eigenvalue weighted by atomic mass is 32.2. The molecule has 0 fully saturated rings. The van der Waals surface area contributed by atoms with Crippen LogP contribution < -0.4 is 9.47 Å². The summed E-state index contributed by atoms with van der Waals surface area (Å²) >= 11 is 1.88. The van der Waals surface area contributed by atoms with Crippen LogP contribution in [0.4, 0.5) is 0 Å². The summed E-state index contributed by atoms with van der Waals surface area (Å²) < 4.78 is 15.9. The first-order valence-corrected chi connectivity index (χ1v) is 10.8. The van der Waals surface area contributed by atoms with E-state index >= 15 is 0 Å². The Hall–Kier alpha value is -2.40. The van der Waals surface area contributed by atoms with Gasteiger partial charge in [-0.25, -0.2) is 4.79 Å². The standard InChI is InChI=1S/C24H30O4S/c1-18(2)20-9-11-21(12-10-20)29-16-6-5-15-28-22-13-7-19(17-23(22)26-3)8-14-24(25)27-4/h7-14,17-18H,5-6,15-16H2,1-4H3/b14-8+. The average molecular weight is 415 g/mol. The summed E-state index contributed by atoms with van der Waals surface area (Å²) in [5.41, 5.74) is 2.22. The van der Waals surface area contributed by atoms with E-state index in [0.29, 0.717) is 24.0 Å². The second-order valence-corrected chi connectivity index (χ2v) is 8.06. The summed E-state index contributed by atoms with van der Waals surface area (Å²) in [4.78, 5) is 12.5. The van der Waals surface area contributed by atoms with Crippen molar-refractivity contribution in [1.29, 1.82) is 0 Å². The van der Waals surface area contributed by atoms with Crippen LogP contribution in [-0.2, 0) is 9.53 Å². The number of esters is 1. The van der Waals surface area contributed by atoms with Crippen molar-refractivity contribution in [2.24, 2.45) is 0 Å². The lowest BCUT2D eigenvalue weighted by molar-refractivity contribution is -0.134. The van der Waals surface area contributed by atoms with E-state index in [4.69, 9.17) is 9.47 Å². The molecule has 0 aliphatic rings. The van der Waals surface area contributed by atoms with Crippen molar-refractivity contribution in [2.45, 2.75) is 37.5 Å². The molecule has 0 bridgehead atoms. The van der Waals surface area contributed by atoms with Gasteiger partial charge in [0, 0.05) is 11.0 Å². The second-order valence-electron chi connectivity index (χ2n) is 6.89.